The lowest BCUT2D eigenvalue weighted by Crippen LogP contribution is -2.42. The molecule has 0 aromatic heterocycles. The molecule has 16 heavy (non-hydrogen) atoms. The lowest BCUT2D eigenvalue weighted by Gasteiger charge is -2.19. The fourth-order valence-electron chi connectivity index (χ4n) is 1.23. The van der Waals surface area contributed by atoms with Gasteiger partial charge < -0.3 is 16.2 Å². The van der Waals surface area contributed by atoms with E-state index in [-0.39, 0.29) is 12.5 Å². The number of hydrogen-bond acceptors (Lipinski definition) is 3. The Morgan fingerprint density at radius 2 is 2.00 bits per heavy atom. The minimum Gasteiger partial charge on any atom is -0.389 e. The van der Waals surface area contributed by atoms with Crippen molar-refractivity contribution in [1.82, 2.24) is 5.32 Å². The quantitative estimate of drug-likeness (QED) is 0.697. The van der Waals surface area contributed by atoms with Gasteiger partial charge in [0.1, 0.15) is 6.04 Å². The zero-order valence-electron chi connectivity index (χ0n) is 9.60. The smallest absolute Gasteiger partial charge is 0.241 e. The highest BCUT2D eigenvalue weighted by molar-refractivity contribution is 5.82. The van der Waals surface area contributed by atoms with E-state index in [0.717, 1.165) is 5.56 Å². The predicted octanol–water partition coefficient (Wildman–Crippen LogP) is 0.573. The fourth-order valence-corrected chi connectivity index (χ4v) is 1.23. The van der Waals surface area contributed by atoms with E-state index in [1.165, 1.54) is 0 Å². The van der Waals surface area contributed by atoms with Crippen molar-refractivity contribution in [3.8, 4) is 0 Å². The summed E-state index contributed by atoms with van der Waals surface area (Å²) < 4.78 is 0. The summed E-state index contributed by atoms with van der Waals surface area (Å²) in [4.78, 5) is 11.6. The maximum atomic E-state index is 11.6. The van der Waals surface area contributed by atoms with E-state index in [0.29, 0.717) is 0 Å². The molecule has 4 heteroatoms. The highest BCUT2D eigenvalue weighted by atomic mass is 16.3. The van der Waals surface area contributed by atoms with Crippen LogP contribution in [0.4, 0.5) is 0 Å². The number of benzene rings is 1. The number of nitrogens with two attached hydrogens (primary N) is 1. The van der Waals surface area contributed by atoms with Gasteiger partial charge >= 0.3 is 0 Å². The molecule has 1 aromatic rings. The summed E-state index contributed by atoms with van der Waals surface area (Å²) in [6.07, 6.45) is 0. The van der Waals surface area contributed by atoms with E-state index in [1.54, 1.807) is 26.0 Å². The van der Waals surface area contributed by atoms with E-state index in [2.05, 4.69) is 5.32 Å². The molecule has 0 aliphatic rings. The highest BCUT2D eigenvalue weighted by Gasteiger charge is 2.18. The summed E-state index contributed by atoms with van der Waals surface area (Å²) in [6, 6.07) is 8.44. The normalized spacial score (nSPS) is 13.2. The van der Waals surface area contributed by atoms with E-state index in [9.17, 15) is 9.90 Å². The number of amides is 1. The van der Waals surface area contributed by atoms with E-state index < -0.39 is 11.6 Å². The zero-order chi connectivity index (χ0) is 12.2. The average molecular weight is 222 g/mol. The lowest BCUT2D eigenvalue weighted by molar-refractivity contribution is -0.123. The van der Waals surface area contributed by atoms with Crippen LogP contribution in [0, 0.1) is 0 Å². The van der Waals surface area contributed by atoms with Crippen LogP contribution in [0.3, 0.4) is 0 Å². The third-order valence-corrected chi connectivity index (χ3v) is 2.14. The summed E-state index contributed by atoms with van der Waals surface area (Å²) in [5.74, 6) is -0.284. The van der Waals surface area contributed by atoms with Crippen LogP contribution in [0.2, 0.25) is 0 Å². The zero-order valence-corrected chi connectivity index (χ0v) is 9.60. The Bertz CT molecular complexity index is 344. The summed E-state index contributed by atoms with van der Waals surface area (Å²) in [6.45, 7) is 3.44. The summed E-state index contributed by atoms with van der Waals surface area (Å²) >= 11 is 0. The summed E-state index contributed by atoms with van der Waals surface area (Å²) in [5.41, 5.74) is 5.61. The first kappa shape index (κ1) is 12.7. The Kier molecular flexibility index (Phi) is 4.04. The molecule has 0 heterocycles. The van der Waals surface area contributed by atoms with Crippen molar-refractivity contribution in [2.75, 3.05) is 6.54 Å². The largest absolute Gasteiger partial charge is 0.389 e. The maximum absolute atomic E-state index is 11.6. The van der Waals surface area contributed by atoms with Gasteiger partial charge in [-0.25, -0.2) is 0 Å². The second-order valence-electron chi connectivity index (χ2n) is 4.42. The van der Waals surface area contributed by atoms with Crippen molar-refractivity contribution in [3.05, 3.63) is 35.9 Å². The molecule has 88 valence electrons. The Hall–Kier alpha value is -1.39. The van der Waals surface area contributed by atoms with Crippen molar-refractivity contribution in [1.29, 1.82) is 0 Å². The molecule has 0 fully saturated rings. The lowest BCUT2D eigenvalue weighted by atomic mass is 10.1. The van der Waals surface area contributed by atoms with Crippen LogP contribution in [0.1, 0.15) is 25.5 Å². The first-order chi connectivity index (χ1) is 7.40. The van der Waals surface area contributed by atoms with Crippen molar-refractivity contribution < 1.29 is 9.90 Å². The highest BCUT2D eigenvalue weighted by Crippen LogP contribution is 2.09. The topological polar surface area (TPSA) is 75.3 Å². The predicted molar refractivity (Wildman–Crippen MR) is 62.7 cm³/mol. The van der Waals surface area contributed by atoms with Crippen LogP contribution < -0.4 is 11.1 Å². The number of nitrogens with one attached hydrogen (secondary N) is 1. The molecule has 0 radical (unpaired) electrons. The van der Waals surface area contributed by atoms with Gasteiger partial charge in [0.15, 0.2) is 0 Å². The van der Waals surface area contributed by atoms with Gasteiger partial charge in [-0.1, -0.05) is 30.3 Å². The number of carbonyl (C=O) groups excluding carboxylic acids is 1. The van der Waals surface area contributed by atoms with Gasteiger partial charge in [-0.3, -0.25) is 4.79 Å². The monoisotopic (exact) mass is 222 g/mol. The molecule has 1 atom stereocenters. The molecule has 0 aliphatic heterocycles. The van der Waals surface area contributed by atoms with Crippen LogP contribution in [-0.2, 0) is 4.79 Å². The number of hydrogen-bond donors (Lipinski definition) is 3. The van der Waals surface area contributed by atoms with Gasteiger partial charge in [0.05, 0.1) is 5.60 Å². The first-order valence-corrected chi connectivity index (χ1v) is 5.21. The van der Waals surface area contributed by atoms with E-state index in [4.69, 9.17) is 5.73 Å². The van der Waals surface area contributed by atoms with Crippen LogP contribution >= 0.6 is 0 Å². The molecule has 1 amide bonds. The van der Waals surface area contributed by atoms with Crippen molar-refractivity contribution in [2.24, 2.45) is 5.73 Å². The van der Waals surface area contributed by atoms with Gasteiger partial charge in [0.2, 0.25) is 5.91 Å². The van der Waals surface area contributed by atoms with Crippen LogP contribution in [0.5, 0.6) is 0 Å². The second kappa shape index (κ2) is 5.09. The molecule has 0 bridgehead atoms. The Balaban J connectivity index is 2.55. The minimum absolute atomic E-state index is 0.187. The molecule has 4 N–H and O–H groups in total. The van der Waals surface area contributed by atoms with Crippen LogP contribution in [-0.4, -0.2) is 23.2 Å². The van der Waals surface area contributed by atoms with Gasteiger partial charge in [-0.2, -0.15) is 0 Å². The fraction of sp³-hybridized carbons (Fsp3) is 0.417. The Morgan fingerprint density at radius 3 is 2.50 bits per heavy atom. The Labute approximate surface area is 95.5 Å². The molecule has 0 saturated heterocycles. The summed E-state index contributed by atoms with van der Waals surface area (Å²) in [5, 5.41) is 12.1. The van der Waals surface area contributed by atoms with Gasteiger partial charge in [-0.05, 0) is 19.4 Å². The van der Waals surface area contributed by atoms with Crippen molar-refractivity contribution >= 4 is 5.91 Å². The summed E-state index contributed by atoms with van der Waals surface area (Å²) in [7, 11) is 0. The van der Waals surface area contributed by atoms with E-state index in [1.807, 2.05) is 18.2 Å². The average Bonchev–Trinajstić information content (AvgIpc) is 2.25. The molecule has 1 aromatic carbocycles. The molecule has 0 saturated carbocycles. The third kappa shape index (κ3) is 4.00. The Morgan fingerprint density at radius 1 is 1.44 bits per heavy atom. The molecular weight excluding hydrogens is 204 g/mol. The van der Waals surface area contributed by atoms with Crippen LogP contribution in [0.25, 0.3) is 0 Å². The molecule has 4 nitrogen and oxygen atoms in total. The van der Waals surface area contributed by atoms with Gasteiger partial charge in [0.25, 0.3) is 0 Å². The standard InChI is InChI=1S/C12H18N2O2/c1-12(2,16)8-14-11(15)10(13)9-6-4-3-5-7-9/h3-7,10,16H,8,13H2,1-2H3,(H,14,15)/t10-/m1/s1. The third-order valence-electron chi connectivity index (χ3n) is 2.14. The van der Waals surface area contributed by atoms with Crippen molar-refractivity contribution in [3.63, 3.8) is 0 Å². The first-order valence-electron chi connectivity index (χ1n) is 5.21. The maximum Gasteiger partial charge on any atom is 0.241 e. The second-order valence-corrected chi connectivity index (χ2v) is 4.42. The van der Waals surface area contributed by atoms with Crippen molar-refractivity contribution in [2.45, 2.75) is 25.5 Å². The SMILES string of the molecule is CC(C)(O)CNC(=O)[C@H](N)c1ccccc1. The molecule has 1 rings (SSSR count). The molecule has 0 unspecified atom stereocenters. The molecule has 0 spiro atoms. The number of carbonyl (C=O) groups is 1. The number of rotatable bonds is 4. The van der Waals surface area contributed by atoms with Gasteiger partial charge in [0, 0.05) is 6.54 Å². The molecular formula is C12H18N2O2. The molecule has 0 aliphatic carbocycles. The van der Waals surface area contributed by atoms with Crippen LogP contribution in [0.15, 0.2) is 30.3 Å². The van der Waals surface area contributed by atoms with Gasteiger partial charge in [-0.15, -0.1) is 0 Å². The van der Waals surface area contributed by atoms with E-state index >= 15 is 0 Å². The number of aliphatic hydroxyl groups is 1. The minimum atomic E-state index is -0.925.